The van der Waals surface area contributed by atoms with Crippen LogP contribution in [-0.2, 0) is 6.54 Å². The van der Waals surface area contributed by atoms with Gasteiger partial charge in [-0.25, -0.2) is 4.98 Å². The Morgan fingerprint density at radius 3 is 2.96 bits per heavy atom. The molecule has 1 aliphatic rings. The number of nitrogens with one attached hydrogen (secondary N) is 2. The molecule has 1 aliphatic heterocycles. The molecule has 6 nitrogen and oxygen atoms in total. The smallest absolute Gasteiger partial charge is 0.191 e. The SMILES string of the molecule is CCOc1ccccc1CNC(=NC)NC1CCN(c2ncccc2Cl)C1. The van der Waals surface area contributed by atoms with Crippen molar-refractivity contribution in [3.05, 3.63) is 53.2 Å². The number of rotatable bonds is 6. The van der Waals surface area contributed by atoms with Crippen LogP contribution < -0.4 is 20.3 Å². The second-order valence-electron chi connectivity index (χ2n) is 6.35. The largest absolute Gasteiger partial charge is 0.494 e. The van der Waals surface area contributed by atoms with Crippen molar-refractivity contribution in [3.8, 4) is 5.75 Å². The molecule has 0 spiro atoms. The van der Waals surface area contributed by atoms with Crippen LogP contribution in [0.3, 0.4) is 0 Å². The van der Waals surface area contributed by atoms with Crippen LogP contribution in [0.2, 0.25) is 5.02 Å². The molecule has 0 radical (unpaired) electrons. The molecule has 1 aromatic heterocycles. The van der Waals surface area contributed by atoms with E-state index in [9.17, 15) is 0 Å². The Balaban J connectivity index is 1.55. The van der Waals surface area contributed by atoms with E-state index in [2.05, 4.69) is 31.6 Å². The van der Waals surface area contributed by atoms with Gasteiger partial charge in [-0.05, 0) is 31.5 Å². The van der Waals surface area contributed by atoms with Gasteiger partial charge in [0, 0.05) is 44.5 Å². The minimum Gasteiger partial charge on any atom is -0.494 e. The molecule has 2 heterocycles. The highest BCUT2D eigenvalue weighted by atomic mass is 35.5. The van der Waals surface area contributed by atoms with E-state index in [1.165, 1.54) is 0 Å². The number of benzene rings is 1. The van der Waals surface area contributed by atoms with Crippen LogP contribution in [0.15, 0.2) is 47.6 Å². The lowest BCUT2D eigenvalue weighted by molar-refractivity contribution is 0.336. The standard InChI is InChI=1S/C20H26ClN5O/c1-3-27-18-9-5-4-7-15(18)13-24-20(22-2)25-16-10-12-26(14-16)19-17(21)8-6-11-23-19/h4-9,11,16H,3,10,12-14H2,1-2H3,(H2,22,24,25). The van der Waals surface area contributed by atoms with E-state index in [4.69, 9.17) is 16.3 Å². The molecular formula is C20H26ClN5O. The highest BCUT2D eigenvalue weighted by molar-refractivity contribution is 6.32. The van der Waals surface area contributed by atoms with Gasteiger partial charge in [0.25, 0.3) is 0 Å². The van der Waals surface area contributed by atoms with E-state index in [1.807, 2.05) is 37.3 Å². The molecule has 2 N–H and O–H groups in total. The zero-order valence-electron chi connectivity index (χ0n) is 15.8. The molecule has 1 fully saturated rings. The number of pyridine rings is 1. The van der Waals surface area contributed by atoms with Gasteiger partial charge in [-0.2, -0.15) is 0 Å². The summed E-state index contributed by atoms with van der Waals surface area (Å²) < 4.78 is 5.68. The van der Waals surface area contributed by atoms with Gasteiger partial charge in [0.2, 0.25) is 0 Å². The van der Waals surface area contributed by atoms with Gasteiger partial charge < -0.3 is 20.3 Å². The number of hydrogen-bond donors (Lipinski definition) is 2. The molecule has 1 aromatic carbocycles. The van der Waals surface area contributed by atoms with Crippen molar-refractivity contribution in [1.29, 1.82) is 0 Å². The molecule has 0 bridgehead atoms. The highest BCUT2D eigenvalue weighted by Gasteiger charge is 2.25. The van der Waals surface area contributed by atoms with Gasteiger partial charge in [-0.1, -0.05) is 29.8 Å². The van der Waals surface area contributed by atoms with Crippen LogP contribution in [0.4, 0.5) is 5.82 Å². The molecule has 1 saturated heterocycles. The minimum absolute atomic E-state index is 0.288. The van der Waals surface area contributed by atoms with E-state index in [1.54, 1.807) is 13.2 Å². The van der Waals surface area contributed by atoms with Crippen LogP contribution in [-0.4, -0.2) is 43.7 Å². The van der Waals surface area contributed by atoms with Gasteiger partial charge in [-0.3, -0.25) is 4.99 Å². The van der Waals surface area contributed by atoms with E-state index < -0.39 is 0 Å². The lowest BCUT2D eigenvalue weighted by atomic mass is 10.2. The second-order valence-corrected chi connectivity index (χ2v) is 6.76. The number of nitrogens with zero attached hydrogens (tertiary/aromatic N) is 3. The molecular weight excluding hydrogens is 362 g/mol. The third-order valence-electron chi connectivity index (χ3n) is 4.51. The summed E-state index contributed by atoms with van der Waals surface area (Å²) in [6.45, 7) is 5.05. The molecule has 3 rings (SSSR count). The van der Waals surface area contributed by atoms with Crippen molar-refractivity contribution in [3.63, 3.8) is 0 Å². The first-order valence-electron chi connectivity index (χ1n) is 9.24. The zero-order chi connectivity index (χ0) is 19.1. The Hall–Kier alpha value is -2.47. The maximum absolute atomic E-state index is 6.27. The fourth-order valence-corrected chi connectivity index (χ4v) is 3.43. The number of hydrogen-bond acceptors (Lipinski definition) is 4. The lowest BCUT2D eigenvalue weighted by Crippen LogP contribution is -2.44. The average Bonchev–Trinajstić information content (AvgIpc) is 3.15. The number of aliphatic imine (C=N–C) groups is 1. The molecule has 7 heteroatoms. The monoisotopic (exact) mass is 387 g/mol. The van der Waals surface area contributed by atoms with E-state index in [0.29, 0.717) is 18.2 Å². The van der Waals surface area contributed by atoms with Crippen molar-refractivity contribution in [2.24, 2.45) is 4.99 Å². The second kappa shape index (κ2) is 9.46. The third-order valence-corrected chi connectivity index (χ3v) is 4.81. The molecule has 0 saturated carbocycles. The zero-order valence-corrected chi connectivity index (χ0v) is 16.5. The maximum Gasteiger partial charge on any atom is 0.191 e. The normalized spacial score (nSPS) is 17.1. The summed E-state index contributed by atoms with van der Waals surface area (Å²) in [7, 11) is 1.78. The fourth-order valence-electron chi connectivity index (χ4n) is 3.19. The summed E-state index contributed by atoms with van der Waals surface area (Å²) >= 11 is 6.27. The van der Waals surface area contributed by atoms with Crippen molar-refractivity contribution in [1.82, 2.24) is 15.6 Å². The van der Waals surface area contributed by atoms with Crippen molar-refractivity contribution in [2.75, 3.05) is 31.6 Å². The summed E-state index contributed by atoms with van der Waals surface area (Å²) in [5.41, 5.74) is 1.11. The Bertz CT molecular complexity index is 782. The predicted octanol–water partition coefficient (Wildman–Crippen LogP) is 3.08. The molecule has 0 aliphatic carbocycles. The summed E-state index contributed by atoms with van der Waals surface area (Å²) in [5, 5.41) is 7.56. The fraction of sp³-hybridized carbons (Fsp3) is 0.400. The van der Waals surface area contributed by atoms with Crippen molar-refractivity contribution < 1.29 is 4.74 Å². The van der Waals surface area contributed by atoms with Crippen molar-refractivity contribution in [2.45, 2.75) is 25.9 Å². The van der Waals surface area contributed by atoms with Crippen LogP contribution in [0.5, 0.6) is 5.75 Å². The van der Waals surface area contributed by atoms with Gasteiger partial charge in [0.15, 0.2) is 5.96 Å². The maximum atomic E-state index is 6.27. The summed E-state index contributed by atoms with van der Waals surface area (Å²) in [5.74, 6) is 2.53. The molecule has 2 aromatic rings. The Labute approximate surface area is 165 Å². The van der Waals surface area contributed by atoms with Crippen LogP contribution >= 0.6 is 11.6 Å². The summed E-state index contributed by atoms with van der Waals surface area (Å²) in [6, 6.07) is 12.1. The van der Waals surface area contributed by atoms with E-state index >= 15 is 0 Å². The first kappa shape index (κ1) is 19.3. The molecule has 144 valence electrons. The minimum atomic E-state index is 0.288. The van der Waals surface area contributed by atoms with Crippen LogP contribution in [0, 0.1) is 0 Å². The Morgan fingerprint density at radius 2 is 2.19 bits per heavy atom. The number of guanidine groups is 1. The predicted molar refractivity (Wildman–Crippen MR) is 111 cm³/mol. The summed E-state index contributed by atoms with van der Waals surface area (Å²) in [4.78, 5) is 11.0. The van der Waals surface area contributed by atoms with Gasteiger partial charge in [-0.15, -0.1) is 0 Å². The van der Waals surface area contributed by atoms with Crippen molar-refractivity contribution >= 4 is 23.4 Å². The van der Waals surface area contributed by atoms with E-state index in [0.717, 1.165) is 42.6 Å². The topological polar surface area (TPSA) is 61.8 Å². The van der Waals surface area contributed by atoms with Gasteiger partial charge >= 0.3 is 0 Å². The molecule has 1 unspecified atom stereocenters. The molecule has 1 atom stereocenters. The Morgan fingerprint density at radius 1 is 1.33 bits per heavy atom. The average molecular weight is 388 g/mol. The first-order chi connectivity index (χ1) is 13.2. The van der Waals surface area contributed by atoms with Crippen LogP contribution in [0.1, 0.15) is 18.9 Å². The number of ether oxygens (including phenoxy) is 1. The first-order valence-corrected chi connectivity index (χ1v) is 9.62. The number of anilines is 1. The van der Waals surface area contributed by atoms with Gasteiger partial charge in [0.1, 0.15) is 11.6 Å². The van der Waals surface area contributed by atoms with E-state index in [-0.39, 0.29) is 6.04 Å². The number of para-hydroxylation sites is 1. The third kappa shape index (κ3) is 5.04. The summed E-state index contributed by atoms with van der Waals surface area (Å²) in [6.07, 6.45) is 2.78. The Kier molecular flexibility index (Phi) is 6.76. The highest BCUT2D eigenvalue weighted by Crippen LogP contribution is 2.25. The molecule has 0 amide bonds. The quantitative estimate of drug-likeness (QED) is 0.589. The van der Waals surface area contributed by atoms with Gasteiger partial charge in [0.05, 0.1) is 11.6 Å². The number of halogens is 1. The lowest BCUT2D eigenvalue weighted by Gasteiger charge is -2.20. The molecule has 27 heavy (non-hydrogen) atoms. The number of aromatic nitrogens is 1. The van der Waals surface area contributed by atoms with Crippen LogP contribution in [0.25, 0.3) is 0 Å².